The molecule has 0 rings (SSSR count). The Balaban J connectivity index is -0.0000000300. The quantitative estimate of drug-likeness (QED) is 0.614. The first-order chi connectivity index (χ1) is 3.46. The molecule has 6 heteroatoms. The summed E-state index contributed by atoms with van der Waals surface area (Å²) in [6.45, 7) is 2.17. The number of rotatable bonds is 0. The molecule has 0 aliphatic carbocycles. The van der Waals surface area contributed by atoms with Gasteiger partial charge in [-0.3, -0.25) is 9.59 Å². The summed E-state index contributed by atoms with van der Waals surface area (Å²) in [5.74, 6) is -1.67. The van der Waals surface area contributed by atoms with Gasteiger partial charge in [-0.25, -0.2) is 0 Å². The summed E-state index contributed by atoms with van der Waals surface area (Å²) in [7, 11) is 0. The molecule has 0 unspecified atom stereocenters. The van der Waals surface area contributed by atoms with Crippen LogP contribution in [-0.4, -0.2) is 27.6 Å². The van der Waals surface area contributed by atoms with E-state index >= 15 is 0 Å². The Morgan fingerprint density at radius 3 is 1.00 bits per heavy atom. The van der Waals surface area contributed by atoms with E-state index < -0.39 is 11.9 Å². The molecule has 0 radical (unpaired) electrons. The molecular weight excluding hydrogens is 268 g/mol. The van der Waals surface area contributed by atoms with Crippen LogP contribution in [0.15, 0.2) is 0 Å². The molecular formula is C4H10CeO5. The maximum absolute atomic E-state index is 9.00. The monoisotopic (exact) mass is 278 g/mol. The number of carbonyl (C=O) groups is 2. The van der Waals surface area contributed by atoms with Gasteiger partial charge in [-0.15, -0.1) is 0 Å². The van der Waals surface area contributed by atoms with Crippen LogP contribution in [0.3, 0.4) is 0 Å². The standard InChI is InChI=1S/2C2H4O2.Ce.H2O/c2*1-2(3)4;;/h2*1H3,(H,3,4);;1H2. The van der Waals surface area contributed by atoms with E-state index in [-0.39, 0.29) is 47.2 Å². The Kier molecular flexibility index (Phi) is 36.2. The van der Waals surface area contributed by atoms with Crippen molar-refractivity contribution in [2.45, 2.75) is 13.8 Å². The molecule has 0 aromatic carbocycles. The molecule has 0 atom stereocenters. The van der Waals surface area contributed by atoms with Crippen LogP contribution in [0, 0.1) is 41.7 Å². The van der Waals surface area contributed by atoms with Crippen molar-refractivity contribution < 1.29 is 67.0 Å². The Hall–Kier alpha value is 0.277. The Bertz CT molecular complexity index is 71.6. The zero-order valence-corrected chi connectivity index (χ0v) is 8.85. The summed E-state index contributed by atoms with van der Waals surface area (Å²) >= 11 is 0. The van der Waals surface area contributed by atoms with Gasteiger partial charge in [-0.1, -0.05) is 0 Å². The molecule has 4 N–H and O–H groups in total. The molecule has 0 saturated heterocycles. The number of carboxylic acids is 2. The van der Waals surface area contributed by atoms with E-state index in [4.69, 9.17) is 19.8 Å². The minimum absolute atomic E-state index is 0. The van der Waals surface area contributed by atoms with Crippen LogP contribution in [-0.2, 0) is 9.59 Å². The topological polar surface area (TPSA) is 106 Å². The third-order valence-electron chi connectivity index (χ3n) is 0. The summed E-state index contributed by atoms with van der Waals surface area (Å²) in [5.41, 5.74) is 0. The molecule has 0 bridgehead atoms. The predicted molar refractivity (Wildman–Crippen MR) is 30.2 cm³/mol. The van der Waals surface area contributed by atoms with Crippen molar-refractivity contribution in [3.8, 4) is 0 Å². The smallest absolute Gasteiger partial charge is 0.300 e. The van der Waals surface area contributed by atoms with Crippen LogP contribution in [0.25, 0.3) is 0 Å². The maximum Gasteiger partial charge on any atom is 0.300 e. The van der Waals surface area contributed by atoms with Gasteiger partial charge in [0.25, 0.3) is 11.9 Å². The van der Waals surface area contributed by atoms with Gasteiger partial charge in [0.2, 0.25) is 0 Å². The molecule has 0 fully saturated rings. The molecule has 0 aliphatic rings. The Labute approximate surface area is 92.1 Å². The van der Waals surface area contributed by atoms with Crippen molar-refractivity contribution in [2.24, 2.45) is 0 Å². The molecule has 10 heavy (non-hydrogen) atoms. The zero-order chi connectivity index (χ0) is 7.15. The first-order valence-electron chi connectivity index (χ1n) is 1.86. The van der Waals surface area contributed by atoms with Gasteiger partial charge in [-0.2, -0.15) is 0 Å². The minimum Gasteiger partial charge on any atom is -0.481 e. The van der Waals surface area contributed by atoms with Crippen LogP contribution < -0.4 is 0 Å². The van der Waals surface area contributed by atoms with Crippen LogP contribution in [0.2, 0.25) is 0 Å². The molecule has 0 aromatic rings. The van der Waals surface area contributed by atoms with Crippen molar-refractivity contribution in [1.29, 1.82) is 0 Å². The van der Waals surface area contributed by atoms with E-state index in [1.807, 2.05) is 0 Å². The van der Waals surface area contributed by atoms with E-state index in [0.717, 1.165) is 13.8 Å². The van der Waals surface area contributed by atoms with Crippen molar-refractivity contribution in [3.05, 3.63) is 0 Å². The Morgan fingerprint density at radius 1 is 1.00 bits per heavy atom. The molecule has 0 heterocycles. The summed E-state index contributed by atoms with van der Waals surface area (Å²) in [6, 6.07) is 0. The van der Waals surface area contributed by atoms with Crippen molar-refractivity contribution in [3.63, 3.8) is 0 Å². The average molecular weight is 278 g/mol. The van der Waals surface area contributed by atoms with Crippen LogP contribution in [0.5, 0.6) is 0 Å². The average Bonchev–Trinajstić information content (AvgIpc) is 1.25. The first-order valence-corrected chi connectivity index (χ1v) is 1.86. The third-order valence-corrected chi connectivity index (χ3v) is 0. The molecule has 0 aliphatic heterocycles. The third kappa shape index (κ3) is 5730. The molecule has 0 saturated carbocycles. The van der Waals surface area contributed by atoms with Crippen LogP contribution in [0.1, 0.15) is 13.8 Å². The minimum atomic E-state index is -0.833. The molecule has 0 spiro atoms. The number of hydrogen-bond acceptors (Lipinski definition) is 2. The number of hydrogen-bond donors (Lipinski definition) is 2. The van der Waals surface area contributed by atoms with Gasteiger partial charge in [0.05, 0.1) is 0 Å². The molecule has 5 nitrogen and oxygen atoms in total. The number of carboxylic acid groups (broad SMARTS) is 2. The van der Waals surface area contributed by atoms with Crippen molar-refractivity contribution in [2.75, 3.05) is 0 Å². The van der Waals surface area contributed by atoms with Gasteiger partial charge in [0, 0.05) is 55.6 Å². The maximum atomic E-state index is 9.00. The molecule has 0 amide bonds. The largest absolute Gasteiger partial charge is 0.481 e. The summed E-state index contributed by atoms with van der Waals surface area (Å²) in [5, 5.41) is 14.8. The summed E-state index contributed by atoms with van der Waals surface area (Å²) in [6.07, 6.45) is 0. The molecule has 60 valence electrons. The van der Waals surface area contributed by atoms with Gasteiger partial charge in [-0.05, 0) is 0 Å². The SMILES string of the molecule is CC(=O)O.CC(=O)O.O.[Ce]. The van der Waals surface area contributed by atoms with E-state index in [0.29, 0.717) is 0 Å². The fourth-order valence-electron chi connectivity index (χ4n) is 0. The van der Waals surface area contributed by atoms with Crippen LogP contribution >= 0.6 is 0 Å². The van der Waals surface area contributed by atoms with E-state index in [2.05, 4.69) is 0 Å². The second-order valence-electron chi connectivity index (χ2n) is 1.04. The fourth-order valence-corrected chi connectivity index (χ4v) is 0. The second-order valence-corrected chi connectivity index (χ2v) is 1.04. The van der Waals surface area contributed by atoms with Crippen LogP contribution in [0.4, 0.5) is 0 Å². The van der Waals surface area contributed by atoms with E-state index in [1.54, 1.807) is 0 Å². The van der Waals surface area contributed by atoms with Gasteiger partial charge >= 0.3 is 0 Å². The molecule has 0 aromatic heterocycles. The zero-order valence-electron chi connectivity index (χ0n) is 5.71. The van der Waals surface area contributed by atoms with Gasteiger partial charge in [0.1, 0.15) is 0 Å². The van der Waals surface area contributed by atoms with Crippen molar-refractivity contribution in [1.82, 2.24) is 0 Å². The second kappa shape index (κ2) is 16.1. The summed E-state index contributed by atoms with van der Waals surface area (Å²) < 4.78 is 0. The van der Waals surface area contributed by atoms with E-state index in [1.165, 1.54) is 0 Å². The van der Waals surface area contributed by atoms with Gasteiger partial charge < -0.3 is 15.7 Å². The first kappa shape index (κ1) is 22.4. The van der Waals surface area contributed by atoms with Gasteiger partial charge in [0.15, 0.2) is 0 Å². The number of aliphatic carboxylic acids is 2. The predicted octanol–water partition coefficient (Wildman–Crippen LogP) is -0.643. The normalized spacial score (nSPS) is 5.00. The van der Waals surface area contributed by atoms with E-state index in [9.17, 15) is 0 Å². The summed E-state index contributed by atoms with van der Waals surface area (Å²) in [4.78, 5) is 18.0. The fraction of sp³-hybridized carbons (Fsp3) is 0.500. The van der Waals surface area contributed by atoms with Crippen molar-refractivity contribution >= 4 is 11.9 Å². The Morgan fingerprint density at radius 2 is 1.00 bits per heavy atom.